The summed E-state index contributed by atoms with van der Waals surface area (Å²) < 4.78 is 5.79. The molecule has 0 radical (unpaired) electrons. The van der Waals surface area contributed by atoms with Gasteiger partial charge in [0.15, 0.2) is 0 Å². The van der Waals surface area contributed by atoms with E-state index in [1.165, 1.54) is 18.4 Å². The molecule has 1 aromatic heterocycles. The number of aliphatic hydroxyl groups excluding tert-OH is 1. The smallest absolute Gasteiger partial charge is 0.230 e. The zero-order chi connectivity index (χ0) is 15.2. The van der Waals surface area contributed by atoms with Crippen LogP contribution in [0, 0.1) is 0 Å². The van der Waals surface area contributed by atoms with E-state index in [2.05, 4.69) is 27.2 Å². The average molecular weight is 301 g/mol. The van der Waals surface area contributed by atoms with Crippen LogP contribution in [-0.2, 0) is 13.0 Å². The minimum absolute atomic E-state index is 0.240. The number of aromatic nitrogens is 2. The van der Waals surface area contributed by atoms with Gasteiger partial charge in [-0.15, -0.1) is 10.2 Å². The molecule has 0 unspecified atom stereocenters. The van der Waals surface area contributed by atoms with Crippen molar-refractivity contribution in [1.82, 2.24) is 15.1 Å². The quantitative estimate of drug-likeness (QED) is 0.887. The maximum absolute atomic E-state index is 9.19. The molecule has 0 saturated carbocycles. The number of benzene rings is 1. The van der Waals surface area contributed by atoms with E-state index in [9.17, 15) is 5.11 Å². The van der Waals surface area contributed by atoms with Gasteiger partial charge in [-0.1, -0.05) is 36.8 Å². The van der Waals surface area contributed by atoms with E-state index in [-0.39, 0.29) is 6.61 Å². The summed E-state index contributed by atoms with van der Waals surface area (Å²) in [5.41, 5.74) is 1.17. The Bertz CT molecular complexity index is 568. The summed E-state index contributed by atoms with van der Waals surface area (Å²) in [6.45, 7) is 1.97. The fourth-order valence-corrected chi connectivity index (χ4v) is 3.11. The summed E-state index contributed by atoms with van der Waals surface area (Å²) in [7, 11) is 0. The van der Waals surface area contributed by atoms with Gasteiger partial charge < -0.3 is 9.52 Å². The first-order chi connectivity index (χ1) is 10.8. The van der Waals surface area contributed by atoms with E-state index in [0.717, 1.165) is 19.4 Å². The second-order valence-corrected chi connectivity index (χ2v) is 5.88. The molecule has 2 heterocycles. The van der Waals surface area contributed by atoms with Gasteiger partial charge in [0.1, 0.15) is 0 Å². The first-order valence-electron chi connectivity index (χ1n) is 8.05. The Kier molecular flexibility index (Phi) is 5.19. The molecular formula is C17H23N3O2. The summed E-state index contributed by atoms with van der Waals surface area (Å²) in [4.78, 5) is 2.36. The van der Waals surface area contributed by atoms with Crippen LogP contribution < -0.4 is 0 Å². The van der Waals surface area contributed by atoms with Gasteiger partial charge in [-0.3, -0.25) is 4.90 Å². The van der Waals surface area contributed by atoms with Crippen LogP contribution >= 0.6 is 0 Å². The fraction of sp³-hybridized carbons (Fsp3) is 0.529. The first-order valence-corrected chi connectivity index (χ1v) is 8.05. The molecule has 0 bridgehead atoms. The van der Waals surface area contributed by atoms with Gasteiger partial charge in [-0.2, -0.15) is 0 Å². The SMILES string of the molecule is OCC[C@@H]1CCCCN1Cc1nnc(Cc2ccccc2)o1. The van der Waals surface area contributed by atoms with Crippen molar-refractivity contribution in [2.75, 3.05) is 13.2 Å². The lowest BCUT2D eigenvalue weighted by Crippen LogP contribution is -2.39. The molecule has 3 rings (SSSR count). The number of rotatable bonds is 6. The normalized spacial score (nSPS) is 19.4. The summed E-state index contributed by atoms with van der Waals surface area (Å²) in [5.74, 6) is 1.34. The van der Waals surface area contributed by atoms with Gasteiger partial charge in [0.25, 0.3) is 0 Å². The van der Waals surface area contributed by atoms with Crippen LogP contribution in [0.1, 0.15) is 43.0 Å². The van der Waals surface area contributed by atoms with Gasteiger partial charge in [-0.05, 0) is 31.4 Å². The molecule has 1 N–H and O–H groups in total. The largest absolute Gasteiger partial charge is 0.424 e. The highest BCUT2D eigenvalue weighted by molar-refractivity contribution is 5.17. The number of piperidine rings is 1. The lowest BCUT2D eigenvalue weighted by molar-refractivity contribution is 0.103. The topological polar surface area (TPSA) is 62.4 Å². The average Bonchev–Trinajstić information content (AvgIpc) is 2.98. The van der Waals surface area contributed by atoms with E-state index in [0.29, 0.717) is 30.8 Å². The number of hydrogen-bond donors (Lipinski definition) is 1. The van der Waals surface area contributed by atoms with E-state index in [1.54, 1.807) is 0 Å². The van der Waals surface area contributed by atoms with Crippen molar-refractivity contribution >= 4 is 0 Å². The summed E-state index contributed by atoms with van der Waals surface area (Å²) in [5, 5.41) is 17.5. The molecule has 1 aromatic carbocycles. The van der Waals surface area contributed by atoms with Gasteiger partial charge in [-0.25, -0.2) is 0 Å². The van der Waals surface area contributed by atoms with E-state index < -0.39 is 0 Å². The summed E-state index contributed by atoms with van der Waals surface area (Å²) in [6.07, 6.45) is 5.09. The van der Waals surface area contributed by atoms with Crippen molar-refractivity contribution in [3.05, 3.63) is 47.7 Å². The Morgan fingerprint density at radius 1 is 1.14 bits per heavy atom. The molecule has 1 saturated heterocycles. The summed E-state index contributed by atoms with van der Waals surface area (Å²) in [6, 6.07) is 10.6. The Morgan fingerprint density at radius 3 is 2.77 bits per heavy atom. The molecular weight excluding hydrogens is 278 g/mol. The molecule has 1 aliphatic rings. The molecule has 2 aromatic rings. The molecule has 1 fully saturated rings. The Morgan fingerprint density at radius 2 is 1.95 bits per heavy atom. The van der Waals surface area contributed by atoms with Gasteiger partial charge in [0, 0.05) is 12.6 Å². The van der Waals surface area contributed by atoms with Crippen LogP contribution in [0.25, 0.3) is 0 Å². The maximum Gasteiger partial charge on any atom is 0.230 e. The third kappa shape index (κ3) is 3.93. The lowest BCUT2D eigenvalue weighted by Gasteiger charge is -2.34. The number of hydrogen-bond acceptors (Lipinski definition) is 5. The number of aliphatic hydroxyl groups is 1. The third-order valence-corrected chi connectivity index (χ3v) is 4.26. The van der Waals surface area contributed by atoms with E-state index >= 15 is 0 Å². The molecule has 0 amide bonds. The molecule has 5 heteroatoms. The zero-order valence-electron chi connectivity index (χ0n) is 12.8. The van der Waals surface area contributed by atoms with Crippen molar-refractivity contribution in [1.29, 1.82) is 0 Å². The van der Waals surface area contributed by atoms with Crippen molar-refractivity contribution < 1.29 is 9.52 Å². The predicted molar refractivity (Wildman–Crippen MR) is 83.3 cm³/mol. The molecule has 5 nitrogen and oxygen atoms in total. The summed E-state index contributed by atoms with van der Waals surface area (Å²) >= 11 is 0. The maximum atomic E-state index is 9.19. The molecule has 22 heavy (non-hydrogen) atoms. The van der Waals surface area contributed by atoms with Crippen molar-refractivity contribution in [2.45, 2.75) is 44.7 Å². The van der Waals surface area contributed by atoms with E-state index in [1.807, 2.05) is 18.2 Å². The fourth-order valence-electron chi connectivity index (χ4n) is 3.11. The zero-order valence-corrected chi connectivity index (χ0v) is 12.8. The van der Waals surface area contributed by atoms with Crippen LogP contribution in [0.3, 0.4) is 0 Å². The van der Waals surface area contributed by atoms with Crippen LogP contribution in [-0.4, -0.2) is 39.4 Å². The lowest BCUT2D eigenvalue weighted by atomic mass is 10.00. The van der Waals surface area contributed by atoms with E-state index in [4.69, 9.17) is 4.42 Å². The van der Waals surface area contributed by atoms with Crippen molar-refractivity contribution in [2.24, 2.45) is 0 Å². The minimum Gasteiger partial charge on any atom is -0.424 e. The van der Waals surface area contributed by atoms with Gasteiger partial charge in [0.05, 0.1) is 13.0 Å². The Labute approximate surface area is 131 Å². The Hall–Kier alpha value is -1.72. The minimum atomic E-state index is 0.240. The molecule has 118 valence electrons. The second kappa shape index (κ2) is 7.51. The highest BCUT2D eigenvalue weighted by Gasteiger charge is 2.23. The van der Waals surface area contributed by atoms with Crippen LogP contribution in [0.2, 0.25) is 0 Å². The second-order valence-electron chi connectivity index (χ2n) is 5.88. The molecule has 0 aliphatic carbocycles. The highest BCUT2D eigenvalue weighted by Crippen LogP contribution is 2.21. The first kappa shape index (κ1) is 15.2. The molecule has 1 atom stereocenters. The van der Waals surface area contributed by atoms with Crippen molar-refractivity contribution in [3.8, 4) is 0 Å². The van der Waals surface area contributed by atoms with Crippen LogP contribution in [0.15, 0.2) is 34.7 Å². The monoisotopic (exact) mass is 301 g/mol. The Balaban J connectivity index is 1.61. The van der Waals surface area contributed by atoms with Crippen LogP contribution in [0.4, 0.5) is 0 Å². The predicted octanol–water partition coefficient (Wildman–Crippen LogP) is 2.40. The van der Waals surface area contributed by atoms with Crippen LogP contribution in [0.5, 0.6) is 0 Å². The molecule has 1 aliphatic heterocycles. The highest BCUT2D eigenvalue weighted by atomic mass is 16.4. The number of likely N-dealkylation sites (tertiary alicyclic amines) is 1. The third-order valence-electron chi connectivity index (χ3n) is 4.26. The molecule has 0 spiro atoms. The number of nitrogens with zero attached hydrogens (tertiary/aromatic N) is 3. The van der Waals surface area contributed by atoms with Gasteiger partial charge in [0.2, 0.25) is 11.8 Å². The standard InChI is InChI=1S/C17H23N3O2/c21-11-9-15-8-4-5-10-20(15)13-17-19-18-16(22-17)12-14-6-2-1-3-7-14/h1-3,6-7,15,21H,4-5,8-13H2/t15-/m0/s1. The van der Waals surface area contributed by atoms with Gasteiger partial charge >= 0.3 is 0 Å². The van der Waals surface area contributed by atoms with Crippen molar-refractivity contribution in [3.63, 3.8) is 0 Å².